The standard InChI is InChI=1S/C30H30N4O4S/c35-25-16-15-22(32-25)29(37)33-27-28(21-11-5-2-6-12-21)39-24-14-8-7-13-23(24)34(30(27)38)19-26(36)31-18-17-20-9-3-1-4-10-20/h1-14,22,27-28H,15-19H2,(H,31,36)(H,32,35)(H,33,37)/t22-,27+,28-/m0/s1. The van der Waals surface area contributed by atoms with E-state index in [2.05, 4.69) is 16.0 Å². The lowest BCUT2D eigenvalue weighted by atomic mass is 10.0. The molecule has 3 aromatic rings. The third-order valence-corrected chi connectivity index (χ3v) is 8.26. The number of rotatable bonds is 8. The van der Waals surface area contributed by atoms with Crippen LogP contribution in [0.1, 0.15) is 29.2 Å². The van der Waals surface area contributed by atoms with Crippen LogP contribution in [0.15, 0.2) is 89.8 Å². The van der Waals surface area contributed by atoms with E-state index in [0.29, 0.717) is 25.1 Å². The first-order valence-corrected chi connectivity index (χ1v) is 13.9. The lowest BCUT2D eigenvalue weighted by molar-refractivity contribution is -0.130. The van der Waals surface area contributed by atoms with Gasteiger partial charge in [0.1, 0.15) is 18.6 Å². The summed E-state index contributed by atoms with van der Waals surface area (Å²) in [6.07, 6.45) is 1.33. The Morgan fingerprint density at radius 3 is 2.33 bits per heavy atom. The molecule has 0 bridgehead atoms. The Bertz CT molecular complexity index is 1350. The molecule has 1 fully saturated rings. The molecule has 0 aromatic heterocycles. The molecule has 200 valence electrons. The predicted molar refractivity (Wildman–Crippen MR) is 150 cm³/mol. The summed E-state index contributed by atoms with van der Waals surface area (Å²) in [6, 6.07) is 25.2. The lowest BCUT2D eigenvalue weighted by Gasteiger charge is -2.29. The summed E-state index contributed by atoms with van der Waals surface area (Å²) >= 11 is 1.48. The van der Waals surface area contributed by atoms with Crippen LogP contribution in [0.25, 0.3) is 0 Å². The van der Waals surface area contributed by atoms with Crippen LogP contribution in [-0.4, -0.2) is 48.8 Å². The Hall–Kier alpha value is -4.11. The van der Waals surface area contributed by atoms with E-state index >= 15 is 0 Å². The molecular formula is C30H30N4O4S. The molecule has 3 N–H and O–H groups in total. The highest BCUT2D eigenvalue weighted by atomic mass is 32.2. The summed E-state index contributed by atoms with van der Waals surface area (Å²) in [5.74, 6) is -1.25. The van der Waals surface area contributed by atoms with Gasteiger partial charge in [-0.05, 0) is 36.1 Å². The largest absolute Gasteiger partial charge is 0.354 e. The molecule has 39 heavy (non-hydrogen) atoms. The van der Waals surface area contributed by atoms with E-state index < -0.39 is 23.2 Å². The first kappa shape index (κ1) is 26.5. The monoisotopic (exact) mass is 542 g/mol. The van der Waals surface area contributed by atoms with E-state index in [4.69, 9.17) is 0 Å². The molecule has 0 spiro atoms. The van der Waals surface area contributed by atoms with E-state index in [0.717, 1.165) is 16.0 Å². The molecule has 2 aliphatic rings. The van der Waals surface area contributed by atoms with E-state index in [1.54, 1.807) is 0 Å². The molecule has 3 atom stereocenters. The number of carbonyl (C=O) groups is 4. The number of hydrogen-bond donors (Lipinski definition) is 3. The van der Waals surface area contributed by atoms with Gasteiger partial charge in [-0.3, -0.25) is 19.2 Å². The molecule has 2 aliphatic heterocycles. The van der Waals surface area contributed by atoms with Crippen LogP contribution in [0, 0.1) is 0 Å². The Labute approximate surface area is 231 Å². The number of hydrogen-bond acceptors (Lipinski definition) is 5. The average molecular weight is 543 g/mol. The molecule has 2 heterocycles. The van der Waals surface area contributed by atoms with Crippen molar-refractivity contribution in [3.8, 4) is 0 Å². The van der Waals surface area contributed by atoms with Crippen molar-refractivity contribution in [2.24, 2.45) is 0 Å². The minimum absolute atomic E-state index is 0.181. The molecule has 9 heteroatoms. The van der Waals surface area contributed by atoms with Crippen LogP contribution in [-0.2, 0) is 25.6 Å². The number of carbonyl (C=O) groups excluding carboxylic acids is 4. The van der Waals surface area contributed by atoms with Crippen molar-refractivity contribution in [3.05, 3.63) is 96.1 Å². The van der Waals surface area contributed by atoms with Crippen LogP contribution in [0.5, 0.6) is 0 Å². The van der Waals surface area contributed by atoms with Gasteiger partial charge in [0, 0.05) is 17.9 Å². The van der Waals surface area contributed by atoms with E-state index in [1.165, 1.54) is 16.7 Å². The van der Waals surface area contributed by atoms with Crippen molar-refractivity contribution in [2.75, 3.05) is 18.0 Å². The molecule has 1 saturated heterocycles. The maximum atomic E-state index is 14.2. The molecule has 0 aliphatic carbocycles. The summed E-state index contributed by atoms with van der Waals surface area (Å²) in [4.78, 5) is 54.4. The highest BCUT2D eigenvalue weighted by Gasteiger charge is 2.41. The number of fused-ring (bicyclic) bond motifs is 1. The molecule has 5 rings (SSSR count). The summed E-state index contributed by atoms with van der Waals surface area (Å²) in [5.41, 5.74) is 2.61. The van der Waals surface area contributed by atoms with Crippen molar-refractivity contribution >= 4 is 41.1 Å². The summed E-state index contributed by atoms with van der Waals surface area (Å²) in [6.45, 7) is 0.259. The minimum Gasteiger partial charge on any atom is -0.354 e. The molecule has 0 saturated carbocycles. The smallest absolute Gasteiger partial charge is 0.251 e. The predicted octanol–water partition coefficient (Wildman–Crippen LogP) is 2.99. The van der Waals surface area contributed by atoms with Crippen LogP contribution < -0.4 is 20.9 Å². The van der Waals surface area contributed by atoms with Crippen molar-refractivity contribution in [2.45, 2.75) is 41.5 Å². The van der Waals surface area contributed by atoms with Gasteiger partial charge in [-0.2, -0.15) is 0 Å². The summed E-state index contributed by atoms with van der Waals surface area (Å²) in [5, 5.41) is 8.09. The van der Waals surface area contributed by atoms with Gasteiger partial charge in [-0.15, -0.1) is 11.8 Å². The molecule has 4 amide bonds. The van der Waals surface area contributed by atoms with Gasteiger partial charge < -0.3 is 20.9 Å². The van der Waals surface area contributed by atoms with Crippen molar-refractivity contribution in [3.63, 3.8) is 0 Å². The van der Waals surface area contributed by atoms with E-state index in [9.17, 15) is 19.2 Å². The van der Waals surface area contributed by atoms with Crippen molar-refractivity contribution in [1.29, 1.82) is 0 Å². The quantitative estimate of drug-likeness (QED) is 0.406. The zero-order chi connectivity index (χ0) is 27.2. The highest BCUT2D eigenvalue weighted by molar-refractivity contribution is 7.99. The van der Waals surface area contributed by atoms with E-state index in [-0.39, 0.29) is 30.7 Å². The van der Waals surface area contributed by atoms with Crippen LogP contribution in [0.4, 0.5) is 5.69 Å². The number of para-hydroxylation sites is 1. The number of nitrogens with zero attached hydrogens (tertiary/aromatic N) is 1. The first-order valence-electron chi connectivity index (χ1n) is 13.0. The third-order valence-electron chi connectivity index (χ3n) is 6.86. The van der Waals surface area contributed by atoms with Crippen molar-refractivity contribution in [1.82, 2.24) is 16.0 Å². The zero-order valence-corrected chi connectivity index (χ0v) is 22.2. The number of thioether (sulfide) groups is 1. The Balaban J connectivity index is 1.40. The second-order valence-electron chi connectivity index (χ2n) is 9.57. The fraction of sp³-hybridized carbons (Fsp3) is 0.267. The molecule has 8 nitrogen and oxygen atoms in total. The zero-order valence-electron chi connectivity index (χ0n) is 21.3. The lowest BCUT2D eigenvalue weighted by Crippen LogP contribution is -2.55. The SMILES string of the molecule is O=C(CN1C(=O)[C@H](NC(=O)[C@@H]2CCC(=O)N2)[C@H](c2ccccc2)Sc2ccccc21)NCCc1ccccc1. The molecule has 0 unspecified atom stereocenters. The maximum Gasteiger partial charge on any atom is 0.251 e. The van der Waals surface area contributed by atoms with Gasteiger partial charge in [-0.25, -0.2) is 0 Å². The van der Waals surface area contributed by atoms with Crippen LogP contribution in [0.3, 0.4) is 0 Å². The Kier molecular flexibility index (Phi) is 8.27. The van der Waals surface area contributed by atoms with Gasteiger partial charge >= 0.3 is 0 Å². The normalized spacial score (nSPS) is 20.5. The minimum atomic E-state index is -0.952. The second kappa shape index (κ2) is 12.2. The second-order valence-corrected chi connectivity index (χ2v) is 10.8. The molecular weight excluding hydrogens is 512 g/mol. The number of amides is 4. The van der Waals surface area contributed by atoms with Gasteiger partial charge in [0.2, 0.25) is 17.7 Å². The number of benzene rings is 3. The van der Waals surface area contributed by atoms with Gasteiger partial charge in [0.05, 0.1) is 10.9 Å². The van der Waals surface area contributed by atoms with Crippen molar-refractivity contribution < 1.29 is 19.2 Å². The average Bonchev–Trinajstić information content (AvgIpc) is 3.36. The van der Waals surface area contributed by atoms with Gasteiger partial charge in [-0.1, -0.05) is 72.8 Å². The number of nitrogens with one attached hydrogen (secondary N) is 3. The maximum absolute atomic E-state index is 14.2. The topological polar surface area (TPSA) is 108 Å². The molecule has 3 aromatic carbocycles. The highest BCUT2D eigenvalue weighted by Crippen LogP contribution is 2.45. The van der Waals surface area contributed by atoms with E-state index in [1.807, 2.05) is 84.9 Å². The van der Waals surface area contributed by atoms with Crippen LogP contribution >= 0.6 is 11.8 Å². The van der Waals surface area contributed by atoms with Crippen LogP contribution in [0.2, 0.25) is 0 Å². The van der Waals surface area contributed by atoms with Gasteiger partial charge in [0.25, 0.3) is 5.91 Å². The third kappa shape index (κ3) is 6.31. The number of anilines is 1. The Morgan fingerprint density at radius 2 is 1.62 bits per heavy atom. The summed E-state index contributed by atoms with van der Waals surface area (Å²) in [7, 11) is 0. The molecule has 0 radical (unpaired) electrons. The first-order chi connectivity index (χ1) is 19.0. The summed E-state index contributed by atoms with van der Waals surface area (Å²) < 4.78 is 0. The fourth-order valence-electron chi connectivity index (χ4n) is 4.86. The van der Waals surface area contributed by atoms with Gasteiger partial charge in [0.15, 0.2) is 0 Å². The Morgan fingerprint density at radius 1 is 0.923 bits per heavy atom. The fourth-order valence-corrected chi connectivity index (χ4v) is 6.20.